The molecule has 0 fully saturated rings. The average Bonchev–Trinajstić information content (AvgIpc) is 3.38. The van der Waals surface area contributed by atoms with Crippen LogP contribution in [-0.2, 0) is 7.05 Å². The van der Waals surface area contributed by atoms with Gasteiger partial charge >= 0.3 is 0 Å². The van der Waals surface area contributed by atoms with Crippen LogP contribution in [0.4, 0.5) is 0 Å². The van der Waals surface area contributed by atoms with Gasteiger partial charge in [-0.1, -0.05) is 30.0 Å². The van der Waals surface area contributed by atoms with Gasteiger partial charge in [-0.2, -0.15) is 10.2 Å². The molecule has 0 bridgehead atoms. The van der Waals surface area contributed by atoms with Crippen molar-refractivity contribution in [2.45, 2.75) is 26.3 Å². The Bertz CT molecular complexity index is 1550. The van der Waals surface area contributed by atoms with Crippen LogP contribution in [-0.4, -0.2) is 42.1 Å². The molecule has 1 N–H and O–H groups in total. The van der Waals surface area contributed by atoms with E-state index in [0.717, 1.165) is 16.7 Å². The number of benzene rings is 1. The first-order valence-corrected chi connectivity index (χ1v) is 10.9. The van der Waals surface area contributed by atoms with Gasteiger partial charge in [0, 0.05) is 49.2 Å². The second kappa shape index (κ2) is 8.45. The fourth-order valence-corrected chi connectivity index (χ4v) is 4.16. The predicted molar refractivity (Wildman–Crippen MR) is 127 cm³/mol. The SMILES string of the molecule is Cc1nn2cccnc2c1C(=O)NC(C)C1=Cc2cccc(C#Cc3cnn(C)c3)c2C(=O)C1. The molecule has 1 amide bonds. The van der Waals surface area contributed by atoms with E-state index in [-0.39, 0.29) is 24.2 Å². The molecule has 168 valence electrons. The lowest BCUT2D eigenvalue weighted by Crippen LogP contribution is -2.35. The number of hydrogen-bond acceptors (Lipinski definition) is 5. The number of Topliss-reactive ketones (excluding diaryl/α,β-unsaturated/α-hetero) is 1. The molecule has 1 atom stereocenters. The number of ketones is 1. The number of hydrogen-bond donors (Lipinski definition) is 1. The zero-order chi connectivity index (χ0) is 23.8. The first kappa shape index (κ1) is 21.3. The lowest BCUT2D eigenvalue weighted by atomic mass is 9.85. The van der Waals surface area contributed by atoms with Gasteiger partial charge in [-0.25, -0.2) is 9.50 Å². The summed E-state index contributed by atoms with van der Waals surface area (Å²) in [6.45, 7) is 3.66. The van der Waals surface area contributed by atoms with Crippen molar-refractivity contribution in [1.82, 2.24) is 29.7 Å². The van der Waals surface area contributed by atoms with E-state index in [9.17, 15) is 9.59 Å². The molecule has 8 heteroatoms. The summed E-state index contributed by atoms with van der Waals surface area (Å²) in [6, 6.07) is 7.05. The molecule has 1 aliphatic carbocycles. The van der Waals surface area contributed by atoms with Gasteiger partial charge in [0.25, 0.3) is 5.91 Å². The number of fused-ring (bicyclic) bond motifs is 2. The van der Waals surface area contributed by atoms with Crippen molar-refractivity contribution >= 4 is 23.4 Å². The van der Waals surface area contributed by atoms with Crippen LogP contribution >= 0.6 is 0 Å². The van der Waals surface area contributed by atoms with Crippen LogP contribution in [0.15, 0.2) is 54.6 Å². The minimum atomic E-state index is -0.340. The van der Waals surface area contributed by atoms with E-state index >= 15 is 0 Å². The van der Waals surface area contributed by atoms with E-state index in [0.29, 0.717) is 28.0 Å². The highest BCUT2D eigenvalue weighted by molar-refractivity contribution is 6.06. The summed E-state index contributed by atoms with van der Waals surface area (Å²) in [5.41, 5.74) is 5.26. The number of carbonyl (C=O) groups is 2. The van der Waals surface area contributed by atoms with E-state index in [1.165, 1.54) is 0 Å². The molecule has 0 aliphatic heterocycles. The van der Waals surface area contributed by atoms with Crippen LogP contribution in [0.25, 0.3) is 11.7 Å². The fourth-order valence-electron chi connectivity index (χ4n) is 4.16. The third-order valence-electron chi connectivity index (χ3n) is 5.83. The van der Waals surface area contributed by atoms with E-state index < -0.39 is 0 Å². The summed E-state index contributed by atoms with van der Waals surface area (Å²) in [5.74, 6) is 5.90. The Morgan fingerprint density at radius 2 is 2.09 bits per heavy atom. The van der Waals surface area contributed by atoms with Gasteiger partial charge in [0.05, 0.1) is 17.5 Å². The Kier molecular flexibility index (Phi) is 5.30. The van der Waals surface area contributed by atoms with Crippen LogP contribution in [0.2, 0.25) is 0 Å². The molecular formula is C26H22N6O2. The molecule has 8 nitrogen and oxygen atoms in total. The largest absolute Gasteiger partial charge is 0.346 e. The van der Waals surface area contributed by atoms with Crippen molar-refractivity contribution < 1.29 is 9.59 Å². The number of nitrogens with zero attached hydrogens (tertiary/aromatic N) is 5. The monoisotopic (exact) mass is 450 g/mol. The molecule has 34 heavy (non-hydrogen) atoms. The second-order valence-electron chi connectivity index (χ2n) is 8.29. The molecule has 0 saturated heterocycles. The molecule has 1 aromatic carbocycles. The lowest BCUT2D eigenvalue weighted by Gasteiger charge is -2.22. The topological polar surface area (TPSA) is 94.2 Å². The molecular weight excluding hydrogens is 428 g/mol. The van der Waals surface area contributed by atoms with Crippen molar-refractivity contribution in [3.8, 4) is 11.8 Å². The zero-order valence-corrected chi connectivity index (χ0v) is 19.0. The summed E-state index contributed by atoms with van der Waals surface area (Å²) in [7, 11) is 1.83. The van der Waals surface area contributed by atoms with Crippen molar-refractivity contribution in [3.63, 3.8) is 0 Å². The number of aromatic nitrogens is 5. The predicted octanol–water partition coefficient (Wildman–Crippen LogP) is 2.96. The molecule has 0 radical (unpaired) electrons. The summed E-state index contributed by atoms with van der Waals surface area (Å²) in [4.78, 5) is 30.5. The van der Waals surface area contributed by atoms with Gasteiger partial charge in [0.1, 0.15) is 5.56 Å². The Morgan fingerprint density at radius 1 is 1.24 bits per heavy atom. The summed E-state index contributed by atoms with van der Waals surface area (Å²) in [5, 5.41) is 11.5. The Morgan fingerprint density at radius 3 is 2.88 bits per heavy atom. The first-order valence-electron chi connectivity index (χ1n) is 10.9. The highest BCUT2D eigenvalue weighted by atomic mass is 16.2. The molecule has 0 saturated carbocycles. The van der Waals surface area contributed by atoms with Crippen molar-refractivity contribution in [1.29, 1.82) is 0 Å². The maximum Gasteiger partial charge on any atom is 0.257 e. The summed E-state index contributed by atoms with van der Waals surface area (Å²) in [6.07, 6.45) is 9.08. The molecule has 1 unspecified atom stereocenters. The zero-order valence-electron chi connectivity index (χ0n) is 19.0. The first-order chi connectivity index (χ1) is 16.4. The molecule has 5 rings (SSSR count). The Balaban J connectivity index is 1.41. The number of rotatable bonds is 3. The molecule has 3 heterocycles. The van der Waals surface area contributed by atoms with Gasteiger partial charge in [-0.15, -0.1) is 0 Å². The Hall–Kier alpha value is -4.51. The highest BCUT2D eigenvalue weighted by Crippen LogP contribution is 2.28. The second-order valence-corrected chi connectivity index (χ2v) is 8.29. The molecule has 3 aromatic heterocycles. The van der Waals surface area contributed by atoms with Crippen LogP contribution in [0.3, 0.4) is 0 Å². The molecule has 1 aliphatic rings. The van der Waals surface area contributed by atoms with Crippen LogP contribution < -0.4 is 5.32 Å². The van der Waals surface area contributed by atoms with Crippen molar-refractivity contribution in [3.05, 3.63) is 88.1 Å². The molecule has 0 spiro atoms. The van der Waals surface area contributed by atoms with Gasteiger partial charge in [0.15, 0.2) is 11.4 Å². The fraction of sp³-hybridized carbons (Fsp3) is 0.192. The smallest absolute Gasteiger partial charge is 0.257 e. The van der Waals surface area contributed by atoms with Crippen LogP contribution in [0.5, 0.6) is 0 Å². The normalized spacial score (nSPS) is 13.6. The van der Waals surface area contributed by atoms with E-state index in [2.05, 4.69) is 32.3 Å². The van der Waals surface area contributed by atoms with E-state index in [1.54, 1.807) is 40.8 Å². The van der Waals surface area contributed by atoms with Gasteiger partial charge in [-0.05, 0) is 37.1 Å². The quantitative estimate of drug-likeness (QED) is 0.485. The average molecular weight is 451 g/mol. The lowest BCUT2D eigenvalue weighted by molar-refractivity contribution is 0.0935. The molecule has 4 aromatic rings. The third kappa shape index (κ3) is 3.88. The number of amides is 1. The number of carbonyl (C=O) groups excluding carboxylic acids is 2. The third-order valence-corrected chi connectivity index (χ3v) is 5.83. The van der Waals surface area contributed by atoms with Crippen molar-refractivity contribution in [2.24, 2.45) is 7.05 Å². The van der Waals surface area contributed by atoms with Crippen LogP contribution in [0.1, 0.15) is 56.4 Å². The maximum absolute atomic E-state index is 13.1. The number of aryl methyl sites for hydroxylation is 2. The summed E-state index contributed by atoms with van der Waals surface area (Å²) >= 11 is 0. The minimum absolute atomic E-state index is 0.0153. The maximum atomic E-state index is 13.1. The van der Waals surface area contributed by atoms with Crippen LogP contribution in [0, 0.1) is 18.8 Å². The highest BCUT2D eigenvalue weighted by Gasteiger charge is 2.26. The Labute approximate surface area is 196 Å². The standard InChI is InChI=1S/C26H22N6O2/c1-16(29-26(34)23-17(2)30-32-11-5-10-27-25(23)32)21-12-20-7-4-6-19(24(20)22(33)13-21)9-8-18-14-28-31(3)15-18/h4-7,10-12,14-16H,13H2,1-3H3,(H,29,34). The minimum Gasteiger partial charge on any atom is -0.346 e. The van der Waals surface area contributed by atoms with Gasteiger partial charge in [0.2, 0.25) is 0 Å². The van der Waals surface area contributed by atoms with E-state index in [4.69, 9.17) is 0 Å². The van der Waals surface area contributed by atoms with E-state index in [1.807, 2.05) is 44.4 Å². The van der Waals surface area contributed by atoms with Gasteiger partial charge in [-0.3, -0.25) is 14.3 Å². The number of nitrogens with one attached hydrogen (secondary N) is 1. The summed E-state index contributed by atoms with van der Waals surface area (Å²) < 4.78 is 3.27. The van der Waals surface area contributed by atoms with Crippen molar-refractivity contribution in [2.75, 3.05) is 0 Å². The van der Waals surface area contributed by atoms with Gasteiger partial charge < -0.3 is 5.32 Å².